The van der Waals surface area contributed by atoms with Crippen molar-refractivity contribution in [1.82, 2.24) is 5.32 Å². The fourth-order valence-corrected chi connectivity index (χ4v) is 1.30. The summed E-state index contributed by atoms with van der Waals surface area (Å²) in [4.78, 5) is 0. The molecule has 0 radical (unpaired) electrons. The van der Waals surface area contributed by atoms with Gasteiger partial charge in [0.2, 0.25) is 0 Å². The second-order valence-corrected chi connectivity index (χ2v) is 2.91. The average Bonchev–Trinajstić information content (AvgIpc) is 2.05. The standard InChI is InChI=1S/C9H9ClN2/c1-7(12-6-11)8-4-2-3-5-9(8)10/h2-5,7,12H,1H3/t7-/m1/s1. The van der Waals surface area contributed by atoms with Gasteiger partial charge in [-0.15, -0.1) is 0 Å². The van der Waals surface area contributed by atoms with Crippen LogP contribution in [0.3, 0.4) is 0 Å². The summed E-state index contributed by atoms with van der Waals surface area (Å²) in [5.41, 5.74) is 0.945. The van der Waals surface area contributed by atoms with Crippen molar-refractivity contribution in [1.29, 1.82) is 5.26 Å². The molecule has 1 aromatic rings. The average molecular weight is 181 g/mol. The number of benzene rings is 1. The lowest BCUT2D eigenvalue weighted by Gasteiger charge is -2.10. The molecular formula is C9H9ClN2. The van der Waals surface area contributed by atoms with E-state index >= 15 is 0 Å². The number of nitriles is 1. The zero-order chi connectivity index (χ0) is 8.97. The van der Waals surface area contributed by atoms with Crippen LogP contribution in [0.5, 0.6) is 0 Å². The minimum atomic E-state index is -0.0244. The Labute approximate surface area is 76.8 Å². The van der Waals surface area contributed by atoms with Crippen LogP contribution in [0.4, 0.5) is 0 Å². The minimum absolute atomic E-state index is 0.0244. The number of hydrogen-bond acceptors (Lipinski definition) is 2. The van der Waals surface area contributed by atoms with Gasteiger partial charge in [0.05, 0.1) is 6.04 Å². The summed E-state index contributed by atoms with van der Waals surface area (Å²) in [7, 11) is 0. The lowest BCUT2D eigenvalue weighted by atomic mass is 10.1. The van der Waals surface area contributed by atoms with Gasteiger partial charge >= 0.3 is 0 Å². The Bertz CT molecular complexity index is 304. The minimum Gasteiger partial charge on any atom is -0.317 e. The van der Waals surface area contributed by atoms with Gasteiger partial charge in [-0.1, -0.05) is 29.8 Å². The van der Waals surface area contributed by atoms with Gasteiger partial charge in [-0.05, 0) is 18.6 Å². The quantitative estimate of drug-likeness (QED) is 0.561. The van der Waals surface area contributed by atoms with Gasteiger partial charge in [-0.3, -0.25) is 0 Å². The van der Waals surface area contributed by atoms with Crippen LogP contribution in [0.2, 0.25) is 5.02 Å². The van der Waals surface area contributed by atoms with Crippen LogP contribution in [-0.2, 0) is 0 Å². The Morgan fingerprint density at radius 3 is 2.75 bits per heavy atom. The number of nitrogens with zero attached hydrogens (tertiary/aromatic N) is 1. The molecule has 3 heteroatoms. The summed E-state index contributed by atoms with van der Waals surface area (Å²) in [6, 6.07) is 7.45. The molecule has 0 aromatic heterocycles. The number of nitrogens with one attached hydrogen (secondary N) is 1. The monoisotopic (exact) mass is 180 g/mol. The van der Waals surface area contributed by atoms with Crippen molar-refractivity contribution in [3.05, 3.63) is 34.9 Å². The second kappa shape index (κ2) is 3.99. The van der Waals surface area contributed by atoms with Crippen LogP contribution in [0.25, 0.3) is 0 Å². The van der Waals surface area contributed by atoms with Crippen molar-refractivity contribution in [3.63, 3.8) is 0 Å². The molecule has 12 heavy (non-hydrogen) atoms. The van der Waals surface area contributed by atoms with Crippen molar-refractivity contribution in [3.8, 4) is 6.19 Å². The predicted molar refractivity (Wildman–Crippen MR) is 48.6 cm³/mol. The van der Waals surface area contributed by atoms with Crippen LogP contribution in [0.15, 0.2) is 24.3 Å². The fourth-order valence-electron chi connectivity index (χ4n) is 1.00. The first-order valence-electron chi connectivity index (χ1n) is 3.64. The first-order valence-corrected chi connectivity index (χ1v) is 4.02. The zero-order valence-corrected chi connectivity index (χ0v) is 7.47. The molecule has 1 atom stereocenters. The highest BCUT2D eigenvalue weighted by molar-refractivity contribution is 6.31. The highest BCUT2D eigenvalue weighted by atomic mass is 35.5. The van der Waals surface area contributed by atoms with Crippen LogP contribution in [-0.4, -0.2) is 0 Å². The Balaban J connectivity index is 2.88. The van der Waals surface area contributed by atoms with E-state index in [1.165, 1.54) is 0 Å². The zero-order valence-electron chi connectivity index (χ0n) is 6.71. The Morgan fingerprint density at radius 1 is 1.50 bits per heavy atom. The first kappa shape index (κ1) is 8.89. The Morgan fingerprint density at radius 2 is 2.17 bits per heavy atom. The summed E-state index contributed by atoms with van der Waals surface area (Å²) in [5.74, 6) is 0. The normalized spacial score (nSPS) is 11.8. The molecule has 0 spiro atoms. The van der Waals surface area contributed by atoms with Gasteiger partial charge in [0.15, 0.2) is 6.19 Å². The molecule has 0 amide bonds. The maximum atomic E-state index is 8.38. The van der Waals surface area contributed by atoms with Gasteiger partial charge in [0.25, 0.3) is 0 Å². The van der Waals surface area contributed by atoms with E-state index in [1.807, 2.05) is 37.4 Å². The van der Waals surface area contributed by atoms with Crippen LogP contribution in [0.1, 0.15) is 18.5 Å². The van der Waals surface area contributed by atoms with Gasteiger partial charge in [0, 0.05) is 5.02 Å². The van der Waals surface area contributed by atoms with Crippen LogP contribution in [0, 0.1) is 11.5 Å². The second-order valence-electron chi connectivity index (χ2n) is 2.50. The smallest absolute Gasteiger partial charge is 0.177 e. The van der Waals surface area contributed by atoms with Crippen molar-refractivity contribution < 1.29 is 0 Å². The topological polar surface area (TPSA) is 35.8 Å². The van der Waals surface area contributed by atoms with Gasteiger partial charge in [-0.25, -0.2) is 0 Å². The molecule has 62 valence electrons. The van der Waals surface area contributed by atoms with Crippen LogP contribution < -0.4 is 5.32 Å². The predicted octanol–water partition coefficient (Wildman–Crippen LogP) is 2.47. The summed E-state index contributed by atoms with van der Waals surface area (Å²) in [6.45, 7) is 1.89. The van der Waals surface area contributed by atoms with Crippen molar-refractivity contribution in [2.75, 3.05) is 0 Å². The first-order chi connectivity index (χ1) is 5.75. The molecule has 0 aliphatic carbocycles. The molecule has 0 heterocycles. The molecule has 0 aliphatic heterocycles. The lowest BCUT2D eigenvalue weighted by molar-refractivity contribution is 0.698. The molecule has 0 unspecified atom stereocenters. The Kier molecular flexibility index (Phi) is 2.95. The maximum absolute atomic E-state index is 8.38. The molecule has 0 bridgehead atoms. The molecule has 1 rings (SSSR count). The van der Waals surface area contributed by atoms with E-state index in [-0.39, 0.29) is 6.04 Å². The van der Waals surface area contributed by atoms with Gasteiger partial charge < -0.3 is 5.32 Å². The molecule has 1 N–H and O–H groups in total. The number of hydrogen-bond donors (Lipinski definition) is 1. The molecular weight excluding hydrogens is 172 g/mol. The third-order valence-electron chi connectivity index (χ3n) is 1.65. The molecule has 0 saturated heterocycles. The summed E-state index contributed by atoms with van der Waals surface area (Å²) < 4.78 is 0. The van der Waals surface area contributed by atoms with E-state index < -0.39 is 0 Å². The summed E-state index contributed by atoms with van der Waals surface area (Å²) in [5, 5.41) is 11.7. The molecule has 0 fully saturated rings. The van der Waals surface area contributed by atoms with Crippen molar-refractivity contribution in [2.45, 2.75) is 13.0 Å². The van der Waals surface area contributed by atoms with Gasteiger partial charge in [0.1, 0.15) is 0 Å². The molecule has 0 saturated carbocycles. The maximum Gasteiger partial charge on any atom is 0.177 e. The van der Waals surface area contributed by atoms with E-state index in [2.05, 4.69) is 5.32 Å². The SMILES string of the molecule is C[C@@H](NC#N)c1ccccc1Cl. The summed E-state index contributed by atoms with van der Waals surface area (Å²) >= 11 is 5.91. The van der Waals surface area contributed by atoms with Gasteiger partial charge in [-0.2, -0.15) is 5.26 Å². The van der Waals surface area contributed by atoms with Crippen LogP contribution >= 0.6 is 11.6 Å². The Hall–Kier alpha value is -1.20. The molecule has 2 nitrogen and oxygen atoms in total. The molecule has 1 aromatic carbocycles. The largest absolute Gasteiger partial charge is 0.317 e. The fraction of sp³-hybridized carbons (Fsp3) is 0.222. The summed E-state index contributed by atoms with van der Waals surface area (Å²) in [6.07, 6.45) is 1.88. The lowest BCUT2D eigenvalue weighted by Crippen LogP contribution is -2.11. The van der Waals surface area contributed by atoms with Crippen molar-refractivity contribution in [2.24, 2.45) is 0 Å². The van der Waals surface area contributed by atoms with E-state index in [9.17, 15) is 0 Å². The van der Waals surface area contributed by atoms with Crippen molar-refractivity contribution >= 4 is 11.6 Å². The van der Waals surface area contributed by atoms with E-state index in [1.54, 1.807) is 0 Å². The highest BCUT2D eigenvalue weighted by Crippen LogP contribution is 2.21. The van der Waals surface area contributed by atoms with E-state index in [0.29, 0.717) is 5.02 Å². The third kappa shape index (κ3) is 1.90. The highest BCUT2D eigenvalue weighted by Gasteiger charge is 2.06. The van der Waals surface area contributed by atoms with E-state index in [4.69, 9.17) is 16.9 Å². The van der Waals surface area contributed by atoms with E-state index in [0.717, 1.165) is 5.56 Å². The molecule has 0 aliphatic rings. The number of rotatable bonds is 2. The third-order valence-corrected chi connectivity index (χ3v) is 2.00. The number of halogens is 1.